The van der Waals surface area contributed by atoms with Crippen molar-refractivity contribution in [2.75, 3.05) is 17.2 Å². The summed E-state index contributed by atoms with van der Waals surface area (Å²) in [6.45, 7) is 4.79. The zero-order valence-electron chi connectivity index (χ0n) is 15.0. The average molecular weight is 379 g/mol. The quantitative estimate of drug-likeness (QED) is 0.447. The Bertz CT molecular complexity index is 1090. The summed E-state index contributed by atoms with van der Waals surface area (Å²) in [7, 11) is 0. The minimum Gasteiger partial charge on any atom is -0.370 e. The lowest BCUT2D eigenvalue weighted by atomic mass is 10.2. The van der Waals surface area contributed by atoms with Gasteiger partial charge in [-0.25, -0.2) is 9.97 Å². The molecule has 0 unspecified atom stereocenters. The van der Waals surface area contributed by atoms with Crippen LogP contribution < -0.4 is 10.6 Å². The second-order valence-electron chi connectivity index (χ2n) is 6.20. The maximum Gasteiger partial charge on any atom is 0.229 e. The van der Waals surface area contributed by atoms with Gasteiger partial charge in [0.25, 0.3) is 0 Å². The minimum absolute atomic E-state index is 0.554. The Kier molecular flexibility index (Phi) is 4.64. The van der Waals surface area contributed by atoms with Gasteiger partial charge in [0, 0.05) is 34.6 Å². The number of nitrogens with one attached hydrogen (secondary N) is 3. The van der Waals surface area contributed by atoms with Gasteiger partial charge in [-0.3, -0.25) is 0 Å². The third kappa shape index (κ3) is 3.85. The van der Waals surface area contributed by atoms with Crippen LogP contribution in [0.25, 0.3) is 22.4 Å². The van der Waals surface area contributed by atoms with E-state index in [9.17, 15) is 0 Å². The Hall–Kier alpha value is -3.12. The van der Waals surface area contributed by atoms with Crippen molar-refractivity contribution in [3.05, 3.63) is 59.2 Å². The first kappa shape index (κ1) is 17.3. The summed E-state index contributed by atoms with van der Waals surface area (Å²) in [5.74, 6) is 2.16. The molecule has 0 atom stereocenters. The van der Waals surface area contributed by atoms with Crippen LogP contribution in [0.15, 0.2) is 48.5 Å². The van der Waals surface area contributed by atoms with Gasteiger partial charge in [0.1, 0.15) is 11.6 Å². The Morgan fingerprint density at radius 2 is 1.81 bits per heavy atom. The van der Waals surface area contributed by atoms with E-state index in [4.69, 9.17) is 11.6 Å². The molecule has 3 N–H and O–H groups in total. The van der Waals surface area contributed by atoms with E-state index < -0.39 is 0 Å². The van der Waals surface area contributed by atoms with E-state index in [1.807, 2.05) is 62.4 Å². The fraction of sp³-hybridized carbons (Fsp3) is 0.150. The van der Waals surface area contributed by atoms with E-state index in [1.165, 1.54) is 0 Å². The molecule has 0 saturated heterocycles. The van der Waals surface area contributed by atoms with Crippen LogP contribution in [-0.4, -0.2) is 26.5 Å². The number of anilines is 3. The first-order valence-electron chi connectivity index (χ1n) is 8.73. The van der Waals surface area contributed by atoms with Crippen molar-refractivity contribution in [1.29, 1.82) is 0 Å². The minimum atomic E-state index is 0.554. The highest BCUT2D eigenvalue weighted by atomic mass is 35.5. The molecule has 2 heterocycles. The number of hydrogen-bond acceptors (Lipinski definition) is 5. The smallest absolute Gasteiger partial charge is 0.229 e. The van der Waals surface area contributed by atoms with Crippen molar-refractivity contribution in [3.8, 4) is 11.4 Å². The standard InChI is InChI=1S/C20H19ClN6/c1-3-22-18-10-12(2)23-20(27-18)24-15-8-9-16-17(11-15)26-19(25-16)13-4-6-14(21)7-5-13/h4-11H,3H2,1-2H3,(H,25,26)(H2,22,23,24,27). The Balaban J connectivity index is 1.63. The predicted molar refractivity (Wildman–Crippen MR) is 111 cm³/mol. The van der Waals surface area contributed by atoms with Gasteiger partial charge < -0.3 is 15.6 Å². The lowest BCUT2D eigenvalue weighted by molar-refractivity contribution is 1.08. The number of H-pyrrole nitrogens is 1. The predicted octanol–water partition coefficient (Wildman–Crippen LogP) is 5.16. The normalized spacial score (nSPS) is 10.9. The first-order valence-corrected chi connectivity index (χ1v) is 9.11. The van der Waals surface area contributed by atoms with Crippen LogP contribution in [0.1, 0.15) is 12.6 Å². The van der Waals surface area contributed by atoms with E-state index in [0.717, 1.165) is 46.2 Å². The Morgan fingerprint density at radius 1 is 1.00 bits per heavy atom. The van der Waals surface area contributed by atoms with Gasteiger partial charge in [-0.15, -0.1) is 0 Å². The fourth-order valence-electron chi connectivity index (χ4n) is 2.85. The van der Waals surface area contributed by atoms with E-state index in [0.29, 0.717) is 11.0 Å². The molecule has 4 rings (SSSR count). The number of hydrogen-bond donors (Lipinski definition) is 3. The van der Waals surface area contributed by atoms with Gasteiger partial charge in [0.2, 0.25) is 5.95 Å². The molecule has 0 aliphatic rings. The van der Waals surface area contributed by atoms with Gasteiger partial charge >= 0.3 is 0 Å². The summed E-state index contributed by atoms with van der Waals surface area (Å²) >= 11 is 5.96. The van der Waals surface area contributed by atoms with E-state index in [-0.39, 0.29) is 0 Å². The molecule has 0 saturated carbocycles. The molecule has 7 heteroatoms. The fourth-order valence-corrected chi connectivity index (χ4v) is 2.98. The highest BCUT2D eigenvalue weighted by Gasteiger charge is 2.08. The van der Waals surface area contributed by atoms with Crippen LogP contribution in [-0.2, 0) is 0 Å². The summed E-state index contributed by atoms with van der Waals surface area (Å²) in [4.78, 5) is 17.0. The van der Waals surface area contributed by atoms with Crippen molar-refractivity contribution < 1.29 is 0 Å². The second kappa shape index (κ2) is 7.25. The molecule has 2 aromatic carbocycles. The lowest BCUT2D eigenvalue weighted by Gasteiger charge is -2.08. The van der Waals surface area contributed by atoms with Crippen molar-refractivity contribution in [2.24, 2.45) is 0 Å². The van der Waals surface area contributed by atoms with Crippen LogP contribution in [0.4, 0.5) is 17.5 Å². The first-order chi connectivity index (χ1) is 13.1. The molecule has 0 fully saturated rings. The third-order valence-electron chi connectivity index (χ3n) is 4.07. The Morgan fingerprint density at radius 3 is 2.59 bits per heavy atom. The SMILES string of the molecule is CCNc1cc(C)nc(Nc2ccc3[nH]c(-c4ccc(Cl)cc4)nc3c2)n1. The summed E-state index contributed by atoms with van der Waals surface area (Å²) in [6, 6.07) is 15.5. The summed E-state index contributed by atoms with van der Waals surface area (Å²) in [5, 5.41) is 7.18. The number of halogens is 1. The molecule has 2 aromatic heterocycles. The zero-order chi connectivity index (χ0) is 18.8. The monoisotopic (exact) mass is 378 g/mol. The molecule has 0 spiro atoms. The van der Waals surface area contributed by atoms with Crippen molar-refractivity contribution in [2.45, 2.75) is 13.8 Å². The van der Waals surface area contributed by atoms with Crippen LogP contribution in [0.3, 0.4) is 0 Å². The molecule has 0 bridgehead atoms. The van der Waals surface area contributed by atoms with Crippen molar-refractivity contribution in [1.82, 2.24) is 19.9 Å². The molecule has 0 amide bonds. The van der Waals surface area contributed by atoms with Gasteiger partial charge in [-0.2, -0.15) is 4.98 Å². The van der Waals surface area contributed by atoms with E-state index >= 15 is 0 Å². The maximum atomic E-state index is 5.96. The maximum absolute atomic E-state index is 5.96. The van der Waals surface area contributed by atoms with Gasteiger partial charge in [0.05, 0.1) is 11.0 Å². The highest BCUT2D eigenvalue weighted by Crippen LogP contribution is 2.25. The molecular weight excluding hydrogens is 360 g/mol. The highest BCUT2D eigenvalue weighted by molar-refractivity contribution is 6.30. The zero-order valence-corrected chi connectivity index (χ0v) is 15.8. The van der Waals surface area contributed by atoms with Gasteiger partial charge in [-0.1, -0.05) is 11.6 Å². The number of nitrogens with zero attached hydrogens (tertiary/aromatic N) is 3. The lowest BCUT2D eigenvalue weighted by Crippen LogP contribution is -2.04. The molecular formula is C20H19ClN6. The van der Waals surface area contributed by atoms with Gasteiger partial charge in [0.15, 0.2) is 0 Å². The van der Waals surface area contributed by atoms with Crippen LogP contribution in [0.5, 0.6) is 0 Å². The number of aryl methyl sites for hydroxylation is 1. The van der Waals surface area contributed by atoms with Gasteiger partial charge in [-0.05, 0) is 56.3 Å². The summed E-state index contributed by atoms with van der Waals surface area (Å²) in [6.07, 6.45) is 0. The average Bonchev–Trinajstić information content (AvgIpc) is 3.05. The molecule has 27 heavy (non-hydrogen) atoms. The number of benzene rings is 2. The van der Waals surface area contributed by atoms with Crippen LogP contribution in [0, 0.1) is 6.92 Å². The van der Waals surface area contributed by atoms with E-state index in [1.54, 1.807) is 0 Å². The third-order valence-corrected chi connectivity index (χ3v) is 4.32. The molecule has 0 aliphatic carbocycles. The second-order valence-corrected chi connectivity index (χ2v) is 6.63. The van der Waals surface area contributed by atoms with E-state index in [2.05, 4.69) is 30.6 Å². The number of aromatic nitrogens is 4. The number of rotatable bonds is 5. The number of fused-ring (bicyclic) bond motifs is 1. The summed E-state index contributed by atoms with van der Waals surface area (Å²) in [5.41, 5.74) is 4.59. The van der Waals surface area contributed by atoms with Crippen molar-refractivity contribution >= 4 is 40.1 Å². The topological polar surface area (TPSA) is 78.5 Å². The molecule has 0 aliphatic heterocycles. The Labute approximate surface area is 162 Å². The molecule has 6 nitrogen and oxygen atoms in total. The van der Waals surface area contributed by atoms with Crippen LogP contribution in [0.2, 0.25) is 5.02 Å². The number of imidazole rings is 1. The van der Waals surface area contributed by atoms with Crippen molar-refractivity contribution in [3.63, 3.8) is 0 Å². The summed E-state index contributed by atoms with van der Waals surface area (Å²) < 4.78 is 0. The number of aromatic amines is 1. The molecule has 4 aromatic rings. The van der Waals surface area contributed by atoms with Crippen LogP contribution >= 0.6 is 11.6 Å². The molecule has 0 radical (unpaired) electrons. The molecule has 136 valence electrons. The largest absolute Gasteiger partial charge is 0.370 e.